The van der Waals surface area contributed by atoms with Crippen molar-refractivity contribution in [2.75, 3.05) is 12.5 Å². The van der Waals surface area contributed by atoms with Crippen LogP contribution in [0.25, 0.3) is 0 Å². The van der Waals surface area contributed by atoms with Gasteiger partial charge in [-0.15, -0.1) is 0 Å². The van der Waals surface area contributed by atoms with E-state index >= 15 is 0 Å². The normalized spacial score (nSPS) is 9.89. The average Bonchev–Trinajstić information content (AvgIpc) is 1.72. The van der Waals surface area contributed by atoms with Crippen molar-refractivity contribution in [1.29, 1.82) is 10.8 Å². The molecule has 0 spiro atoms. The van der Waals surface area contributed by atoms with Crippen molar-refractivity contribution in [3.8, 4) is 0 Å². The maximum absolute atomic E-state index is 10.2. The van der Waals surface area contributed by atoms with Gasteiger partial charge in [0.25, 0.3) is 0 Å². The van der Waals surface area contributed by atoms with Gasteiger partial charge in [0.15, 0.2) is 0 Å². The molecule has 0 unspecified atom stereocenters. The second kappa shape index (κ2) is 14.3. The van der Waals surface area contributed by atoms with Crippen LogP contribution >= 0.6 is 21.6 Å². The zero-order valence-corrected chi connectivity index (χ0v) is 21.2. The molecular weight excluding hydrogens is 411 g/mol. The predicted octanol–water partition coefficient (Wildman–Crippen LogP) is -5.67. The molecule has 0 amide bonds. The van der Waals surface area contributed by atoms with Crippen LogP contribution in [0.5, 0.6) is 0 Å². The maximum atomic E-state index is 10.2. The van der Waals surface area contributed by atoms with Crippen LogP contribution in [0.3, 0.4) is 0 Å². The molecule has 0 radical (unpaired) electrons. The molecule has 18 heavy (non-hydrogen) atoms. The fourth-order valence-electron chi connectivity index (χ4n) is 0.275. The summed E-state index contributed by atoms with van der Waals surface area (Å²) >= 11 is 8.39. The topological polar surface area (TPSA) is 116 Å². The number of hydrogen-bond acceptors (Lipinski definition) is 10. The van der Waals surface area contributed by atoms with Gasteiger partial charge in [-0.3, -0.25) is 0 Å². The van der Waals surface area contributed by atoms with Gasteiger partial charge in [0.2, 0.25) is 17.7 Å². The molecule has 96 valence electrons. The van der Waals surface area contributed by atoms with Gasteiger partial charge in [-0.1, -0.05) is 0 Å². The van der Waals surface area contributed by atoms with Crippen molar-refractivity contribution in [3.63, 3.8) is 0 Å². The van der Waals surface area contributed by atoms with Crippen LogP contribution < -0.4 is 103 Å². The third-order valence-corrected chi connectivity index (χ3v) is 5.31. The Labute approximate surface area is 211 Å². The van der Waals surface area contributed by atoms with Crippen LogP contribution in [0.2, 0.25) is 0 Å². The van der Waals surface area contributed by atoms with Gasteiger partial charge in [0, 0.05) is 12.5 Å². The third kappa shape index (κ3) is 36.7. The van der Waals surface area contributed by atoms with E-state index in [1.165, 1.54) is 0 Å². The first-order chi connectivity index (χ1) is 6.83. The molecule has 0 bridgehead atoms. The van der Waals surface area contributed by atoms with E-state index in [1.807, 2.05) is 0 Å². The predicted molar refractivity (Wildman–Crippen MR) is 75.1 cm³/mol. The minimum Gasteiger partial charge on any atom is -0.753 e. The van der Waals surface area contributed by atoms with E-state index in [0.717, 1.165) is 12.5 Å². The van der Waals surface area contributed by atoms with Gasteiger partial charge in [0.05, 0.1) is 0 Å². The first-order valence-electron chi connectivity index (χ1n) is 3.13. The summed E-state index contributed by atoms with van der Waals surface area (Å²) in [7, 11) is -5.51. The smallest absolute Gasteiger partial charge is 0.753 e. The summed E-state index contributed by atoms with van der Waals surface area (Å²) in [4.78, 5) is 0. The second-order valence-electron chi connectivity index (χ2n) is 2.15. The zero-order chi connectivity index (χ0) is 13.6. The van der Waals surface area contributed by atoms with Crippen LogP contribution in [0.1, 0.15) is 0 Å². The van der Waals surface area contributed by atoms with Gasteiger partial charge in [-0.25, -0.2) is 16.8 Å². The first kappa shape index (κ1) is 29.6. The van der Waals surface area contributed by atoms with Crippen molar-refractivity contribution in [1.82, 2.24) is 0 Å². The maximum Gasteiger partial charge on any atom is 1.00 e. The fourth-order valence-corrected chi connectivity index (χ4v) is 4.70. The standard InChI is InChI=1S/2C2H5NO2S3.2K/c2*1-8(4,5)7-2(3)6;;/h2*1H3,(H2,3,6);;/q;;2*+1/p-2. The molecule has 0 rings (SSSR count). The molecule has 0 aromatic carbocycles. The fraction of sp³-hybridized carbons (Fsp3) is 0.500. The molecule has 0 atom stereocenters. The summed E-state index contributed by atoms with van der Waals surface area (Å²) in [5, 5.41) is 13.1. The number of nitrogens with one attached hydrogen (secondary N) is 2. The summed E-state index contributed by atoms with van der Waals surface area (Å²) in [6, 6.07) is 0. The monoisotopic (exact) mass is 418 g/mol. The molecular formula is C4H8K2N2O4S6. The largest absolute Gasteiger partial charge is 1.00 e. The molecule has 6 nitrogen and oxygen atoms in total. The molecule has 0 aliphatic rings. The molecule has 0 aromatic heterocycles. The summed E-state index contributed by atoms with van der Waals surface area (Å²) in [6.07, 6.45) is 2.02. The minimum absolute atomic E-state index is 0. The SMILES string of the molecule is CS(=O)(=O)SC(=N)[S-].CS(=O)(=O)SC(=N)[S-].[K+].[K+]. The van der Waals surface area contributed by atoms with Crippen molar-refractivity contribution in [3.05, 3.63) is 0 Å². The van der Waals surface area contributed by atoms with Crippen molar-refractivity contribution in [2.45, 2.75) is 0 Å². The Morgan fingerprint density at radius 2 is 1.00 bits per heavy atom. The molecule has 0 aliphatic heterocycles. The van der Waals surface area contributed by atoms with E-state index < -0.39 is 17.7 Å². The number of rotatable bonds is 2. The van der Waals surface area contributed by atoms with Crippen molar-refractivity contribution >= 4 is 73.3 Å². The van der Waals surface area contributed by atoms with E-state index in [1.54, 1.807) is 0 Å². The van der Waals surface area contributed by atoms with Crippen LogP contribution in [-0.4, -0.2) is 38.1 Å². The third-order valence-electron chi connectivity index (χ3n) is 0.454. The molecule has 0 saturated heterocycles. The van der Waals surface area contributed by atoms with Crippen molar-refractivity contribution in [2.24, 2.45) is 0 Å². The Kier molecular flexibility index (Phi) is 23.5. The molecule has 0 aromatic rings. The van der Waals surface area contributed by atoms with Crippen LogP contribution in [0, 0.1) is 10.8 Å². The van der Waals surface area contributed by atoms with Crippen molar-refractivity contribution < 1.29 is 120 Å². The van der Waals surface area contributed by atoms with Crippen LogP contribution in [-0.2, 0) is 43.0 Å². The molecule has 0 saturated carbocycles. The summed E-state index contributed by atoms with van der Waals surface area (Å²) in [5.41, 5.74) is 0. The molecule has 14 heteroatoms. The van der Waals surface area contributed by atoms with E-state index in [4.69, 9.17) is 10.8 Å². The summed E-state index contributed by atoms with van der Waals surface area (Å²) in [6.45, 7) is 0. The zero-order valence-electron chi connectivity index (χ0n) is 10.1. The van der Waals surface area contributed by atoms with Gasteiger partial charge in [0.1, 0.15) is 0 Å². The first-order valence-corrected chi connectivity index (χ1v) is 10.4. The Morgan fingerprint density at radius 1 is 0.833 bits per heavy atom. The molecule has 2 N–H and O–H groups in total. The Balaban J connectivity index is -0.0000000980. The van der Waals surface area contributed by atoms with Gasteiger partial charge in [-0.05, 0) is 30.3 Å². The molecule has 0 fully saturated rings. The van der Waals surface area contributed by atoms with Gasteiger partial charge >= 0.3 is 103 Å². The van der Waals surface area contributed by atoms with E-state index in [9.17, 15) is 16.8 Å². The Bertz CT molecular complexity index is 416. The van der Waals surface area contributed by atoms with E-state index in [-0.39, 0.29) is 112 Å². The van der Waals surface area contributed by atoms with E-state index in [2.05, 4.69) is 25.3 Å². The van der Waals surface area contributed by atoms with Gasteiger partial charge < -0.3 is 36.1 Å². The van der Waals surface area contributed by atoms with Crippen LogP contribution in [0.4, 0.5) is 0 Å². The Hall–Kier alpha value is 3.65. The average molecular weight is 419 g/mol. The number of hydrogen-bond donors (Lipinski definition) is 2. The molecule has 0 aliphatic carbocycles. The minimum atomic E-state index is -3.14. The summed E-state index contributed by atoms with van der Waals surface area (Å²) < 4.78 is 40.2. The quantitative estimate of drug-likeness (QED) is 0.150. The van der Waals surface area contributed by atoms with Gasteiger partial charge in [-0.2, -0.15) is 0 Å². The summed E-state index contributed by atoms with van der Waals surface area (Å²) in [5.74, 6) is 0. The van der Waals surface area contributed by atoms with E-state index in [0.29, 0.717) is 21.6 Å². The Morgan fingerprint density at radius 3 is 1.00 bits per heavy atom. The second-order valence-corrected chi connectivity index (χ2v) is 12.1. The van der Waals surface area contributed by atoms with Crippen LogP contribution in [0.15, 0.2) is 0 Å². The molecule has 0 heterocycles.